The Labute approximate surface area is 97.1 Å². The van der Waals surface area contributed by atoms with E-state index in [1.807, 2.05) is 6.92 Å². The van der Waals surface area contributed by atoms with Crippen molar-refractivity contribution in [3.8, 4) is 0 Å². The molecule has 90 valence electrons. The number of nitro benzene ring substituents is 1. The van der Waals surface area contributed by atoms with Crippen LogP contribution >= 0.6 is 0 Å². The van der Waals surface area contributed by atoms with Gasteiger partial charge in [0.15, 0.2) is 0 Å². The number of nitrogens with zero attached hydrogens (tertiary/aromatic N) is 2. The van der Waals surface area contributed by atoms with Crippen LogP contribution in [0.5, 0.6) is 0 Å². The molecule has 0 spiro atoms. The quantitative estimate of drug-likeness (QED) is 0.491. The number of benzene rings is 1. The molecular formula is C10H11N3O4. The van der Waals surface area contributed by atoms with Crippen LogP contribution in [0.1, 0.15) is 18.7 Å². The average Bonchev–Trinajstić information content (AvgIpc) is 3.09. The largest absolute Gasteiger partial charge is 0.344 e. The van der Waals surface area contributed by atoms with Crippen molar-refractivity contribution in [2.24, 2.45) is 0 Å². The number of rotatable bonds is 3. The summed E-state index contributed by atoms with van der Waals surface area (Å²) >= 11 is 0. The number of hydroxylamine groups is 2. The van der Waals surface area contributed by atoms with Gasteiger partial charge in [-0.05, 0) is 19.1 Å². The van der Waals surface area contributed by atoms with E-state index in [1.54, 1.807) is 12.1 Å². The maximum atomic E-state index is 11.3. The molecule has 1 atom stereocenters. The van der Waals surface area contributed by atoms with Gasteiger partial charge in [-0.1, -0.05) is 0 Å². The van der Waals surface area contributed by atoms with Crippen LogP contribution in [-0.2, 0) is 4.84 Å². The third-order valence-corrected chi connectivity index (χ3v) is 2.30. The molecule has 0 aromatic heterocycles. The first-order chi connectivity index (χ1) is 8.13. The zero-order valence-corrected chi connectivity index (χ0v) is 9.12. The first-order valence-electron chi connectivity index (χ1n) is 5.11. The molecule has 1 aliphatic heterocycles. The van der Waals surface area contributed by atoms with Crippen molar-refractivity contribution in [2.75, 3.05) is 6.54 Å². The van der Waals surface area contributed by atoms with E-state index in [-0.39, 0.29) is 11.7 Å². The summed E-state index contributed by atoms with van der Waals surface area (Å²) in [5, 5.41) is 14.2. The van der Waals surface area contributed by atoms with Crippen LogP contribution in [0.3, 0.4) is 0 Å². The summed E-state index contributed by atoms with van der Waals surface area (Å²) in [6.45, 7) is 2.33. The van der Waals surface area contributed by atoms with E-state index in [0.717, 1.165) is 0 Å². The van der Waals surface area contributed by atoms with E-state index >= 15 is 0 Å². The number of carbonyl (C=O) groups is 1. The molecule has 1 aromatic carbocycles. The van der Waals surface area contributed by atoms with Gasteiger partial charge in [-0.15, -0.1) is 0 Å². The second-order valence-electron chi connectivity index (χ2n) is 3.47. The topological polar surface area (TPSA) is 87.8 Å². The summed E-state index contributed by atoms with van der Waals surface area (Å²) in [7, 11) is 0. The van der Waals surface area contributed by atoms with Gasteiger partial charge in [0.25, 0.3) is 5.69 Å². The molecular weight excluding hydrogens is 226 g/mol. The van der Waals surface area contributed by atoms with Gasteiger partial charge >= 0.3 is 6.03 Å². The van der Waals surface area contributed by atoms with Crippen LogP contribution in [0, 0.1) is 10.1 Å². The Bertz CT molecular complexity index is 445. The molecule has 7 nitrogen and oxygen atoms in total. The Kier molecular flexibility index (Phi) is 2.92. The minimum atomic E-state index is -0.473. The molecule has 7 heteroatoms. The highest BCUT2D eigenvalue weighted by atomic mass is 16.8. The fraction of sp³-hybridized carbons (Fsp3) is 0.300. The summed E-state index contributed by atoms with van der Waals surface area (Å²) in [6.07, 6.45) is -0.442. The number of amides is 2. The highest BCUT2D eigenvalue weighted by Crippen LogP contribution is 2.37. The number of urea groups is 1. The summed E-state index contributed by atoms with van der Waals surface area (Å²) in [5.41, 5.74) is 0.723. The van der Waals surface area contributed by atoms with E-state index in [9.17, 15) is 14.9 Å². The van der Waals surface area contributed by atoms with Gasteiger partial charge in [-0.3, -0.25) is 10.1 Å². The predicted octanol–water partition coefficient (Wildman–Crippen LogP) is 1.57. The molecule has 0 saturated carbocycles. The first-order valence-corrected chi connectivity index (χ1v) is 5.11. The van der Waals surface area contributed by atoms with E-state index < -0.39 is 11.2 Å². The third kappa shape index (κ3) is 2.34. The highest BCUT2D eigenvalue weighted by molar-refractivity contribution is 5.74. The maximum absolute atomic E-state index is 11.3. The lowest BCUT2D eigenvalue weighted by atomic mass is 10.2. The van der Waals surface area contributed by atoms with Crippen LogP contribution in [0.2, 0.25) is 0 Å². The molecule has 1 heterocycles. The molecule has 2 rings (SSSR count). The first kappa shape index (κ1) is 11.3. The molecule has 2 amide bonds. The molecule has 1 N–H and O–H groups in total. The zero-order chi connectivity index (χ0) is 12.4. The van der Waals surface area contributed by atoms with Crippen LogP contribution in [0.25, 0.3) is 0 Å². The lowest BCUT2D eigenvalue weighted by Gasteiger charge is -1.99. The number of hydrogen-bond acceptors (Lipinski definition) is 4. The Morgan fingerprint density at radius 1 is 1.53 bits per heavy atom. The van der Waals surface area contributed by atoms with E-state index in [4.69, 9.17) is 4.84 Å². The van der Waals surface area contributed by atoms with Crippen molar-refractivity contribution >= 4 is 11.7 Å². The third-order valence-electron chi connectivity index (χ3n) is 2.30. The van der Waals surface area contributed by atoms with Crippen molar-refractivity contribution in [3.05, 3.63) is 39.9 Å². The van der Waals surface area contributed by atoms with Gasteiger partial charge < -0.3 is 5.32 Å². The lowest BCUT2D eigenvalue weighted by Crippen LogP contribution is -2.27. The van der Waals surface area contributed by atoms with E-state index in [0.29, 0.717) is 12.1 Å². The molecule has 0 aliphatic carbocycles. The average molecular weight is 237 g/mol. The van der Waals surface area contributed by atoms with Crippen molar-refractivity contribution in [2.45, 2.75) is 13.2 Å². The predicted molar refractivity (Wildman–Crippen MR) is 57.8 cm³/mol. The summed E-state index contributed by atoms with van der Waals surface area (Å²) < 4.78 is 0. The van der Waals surface area contributed by atoms with Crippen molar-refractivity contribution in [1.29, 1.82) is 0 Å². The Balaban J connectivity index is 2.01. The fourth-order valence-electron chi connectivity index (χ4n) is 1.42. The van der Waals surface area contributed by atoms with Crippen molar-refractivity contribution in [1.82, 2.24) is 10.4 Å². The fourth-order valence-corrected chi connectivity index (χ4v) is 1.42. The van der Waals surface area contributed by atoms with Crippen LogP contribution < -0.4 is 5.32 Å². The number of nitro groups is 1. The van der Waals surface area contributed by atoms with Crippen LogP contribution in [0.15, 0.2) is 24.3 Å². The zero-order valence-electron chi connectivity index (χ0n) is 9.12. The van der Waals surface area contributed by atoms with Crippen molar-refractivity contribution in [3.63, 3.8) is 0 Å². The van der Waals surface area contributed by atoms with Gasteiger partial charge in [-0.25, -0.2) is 9.63 Å². The minimum Gasteiger partial charge on any atom is -0.336 e. The van der Waals surface area contributed by atoms with Gasteiger partial charge in [0, 0.05) is 24.2 Å². The lowest BCUT2D eigenvalue weighted by molar-refractivity contribution is -0.384. The van der Waals surface area contributed by atoms with Gasteiger partial charge in [0.05, 0.1) is 4.92 Å². The van der Waals surface area contributed by atoms with Gasteiger partial charge in [0.1, 0.15) is 0 Å². The number of nitrogens with one attached hydrogen (secondary N) is 1. The van der Waals surface area contributed by atoms with E-state index in [2.05, 4.69) is 5.32 Å². The smallest absolute Gasteiger partial charge is 0.336 e. The number of carbonyl (C=O) groups excluding carboxylic acids is 1. The maximum Gasteiger partial charge on any atom is 0.344 e. The highest BCUT2D eigenvalue weighted by Gasteiger charge is 2.42. The normalized spacial score (nSPS) is 17.7. The Hall–Kier alpha value is -2.15. The number of hydrogen-bond donors (Lipinski definition) is 1. The molecule has 1 aromatic rings. The molecule has 0 radical (unpaired) electrons. The van der Waals surface area contributed by atoms with Gasteiger partial charge in [0.2, 0.25) is 6.23 Å². The molecule has 1 saturated heterocycles. The Morgan fingerprint density at radius 3 is 2.71 bits per heavy atom. The second-order valence-corrected chi connectivity index (χ2v) is 3.47. The molecule has 1 aliphatic rings. The molecule has 0 bridgehead atoms. The van der Waals surface area contributed by atoms with Crippen molar-refractivity contribution < 1.29 is 14.6 Å². The standard InChI is InChI=1S/C10H11N3O4/c1-2-11-10(14)12-9(17-12)7-3-5-8(6-4-7)13(15)16/h3-6,9H,2H2,1H3,(H,11,14). The van der Waals surface area contributed by atoms with E-state index in [1.165, 1.54) is 17.2 Å². The number of non-ortho nitro benzene ring substituents is 1. The molecule has 1 fully saturated rings. The minimum absolute atomic E-state index is 0.0129. The van der Waals surface area contributed by atoms with Crippen LogP contribution in [0.4, 0.5) is 10.5 Å². The molecule has 1 unspecified atom stereocenters. The molecule has 17 heavy (non-hydrogen) atoms. The second kappa shape index (κ2) is 4.38. The Morgan fingerprint density at radius 2 is 2.18 bits per heavy atom. The summed E-state index contributed by atoms with van der Waals surface area (Å²) in [4.78, 5) is 26.4. The summed E-state index contributed by atoms with van der Waals surface area (Å²) in [6, 6.07) is 5.60. The monoisotopic (exact) mass is 237 g/mol. The van der Waals surface area contributed by atoms with Crippen LogP contribution in [-0.4, -0.2) is 22.6 Å². The van der Waals surface area contributed by atoms with Gasteiger partial charge in [-0.2, -0.15) is 5.06 Å². The summed E-state index contributed by atoms with van der Waals surface area (Å²) in [5.74, 6) is 0. The SMILES string of the molecule is CCNC(=O)N1OC1c1ccc([N+](=O)[O-])cc1.